The number of aromatic nitrogens is 2. The lowest BCUT2D eigenvalue weighted by Crippen LogP contribution is -2.30. The smallest absolute Gasteiger partial charge is 0.182 e. The quantitative estimate of drug-likeness (QED) is 0.597. The zero-order valence-electron chi connectivity index (χ0n) is 19.4. The van der Waals surface area contributed by atoms with Crippen molar-refractivity contribution in [3.05, 3.63) is 35.7 Å². The maximum absolute atomic E-state index is 14.9. The number of rotatable bonds is 5. The van der Waals surface area contributed by atoms with E-state index in [4.69, 9.17) is 0 Å². The Hall–Kier alpha value is -1.95. The van der Waals surface area contributed by atoms with Gasteiger partial charge in [0.2, 0.25) is 0 Å². The van der Waals surface area contributed by atoms with Crippen molar-refractivity contribution in [2.24, 2.45) is 24.8 Å². The molecule has 0 amide bonds. The average Bonchev–Trinajstić information content (AvgIpc) is 3.32. The topological polar surface area (TPSA) is 33.1 Å². The summed E-state index contributed by atoms with van der Waals surface area (Å²) in [6.45, 7) is 5.43. The van der Waals surface area contributed by atoms with Gasteiger partial charge in [0, 0.05) is 50.0 Å². The minimum Gasteiger partial charge on any atom is -0.380 e. The fraction of sp³-hybridized carbons (Fsp3) is 0.654. The number of halogens is 2. The van der Waals surface area contributed by atoms with Gasteiger partial charge in [0.05, 0.1) is 11.4 Å². The van der Waals surface area contributed by atoms with Crippen molar-refractivity contribution in [2.45, 2.75) is 64.3 Å². The Morgan fingerprint density at radius 2 is 1.66 bits per heavy atom. The molecule has 0 spiro atoms. The second kappa shape index (κ2) is 9.12. The van der Waals surface area contributed by atoms with Crippen LogP contribution in [0.15, 0.2) is 18.3 Å². The van der Waals surface area contributed by atoms with Crippen LogP contribution in [-0.2, 0) is 7.05 Å². The summed E-state index contributed by atoms with van der Waals surface area (Å²) in [5, 5.41) is 7.58. The predicted octanol–water partition coefficient (Wildman–Crippen LogP) is 5.77. The first-order valence-electron chi connectivity index (χ1n) is 12.5. The van der Waals surface area contributed by atoms with E-state index in [1.807, 2.05) is 6.92 Å². The van der Waals surface area contributed by atoms with Crippen molar-refractivity contribution in [1.29, 1.82) is 0 Å². The van der Waals surface area contributed by atoms with Crippen molar-refractivity contribution >= 4 is 5.69 Å². The van der Waals surface area contributed by atoms with Gasteiger partial charge in [0.25, 0.3) is 0 Å². The Balaban J connectivity index is 1.19. The van der Waals surface area contributed by atoms with E-state index in [-0.39, 0.29) is 17.3 Å². The number of aryl methyl sites for hydroxylation is 2. The normalized spacial score (nSPS) is 26.9. The molecule has 32 heavy (non-hydrogen) atoms. The molecule has 2 aromatic rings. The Morgan fingerprint density at radius 1 is 0.969 bits per heavy atom. The van der Waals surface area contributed by atoms with Crippen molar-refractivity contribution in [3.63, 3.8) is 0 Å². The molecule has 174 valence electrons. The first kappa shape index (κ1) is 21.9. The molecule has 1 saturated heterocycles. The van der Waals surface area contributed by atoms with Crippen LogP contribution in [0.3, 0.4) is 0 Å². The highest BCUT2D eigenvalue weighted by molar-refractivity contribution is 5.68. The van der Waals surface area contributed by atoms with Gasteiger partial charge < -0.3 is 10.2 Å². The van der Waals surface area contributed by atoms with E-state index >= 15 is 0 Å². The molecule has 2 aliphatic carbocycles. The third-order valence-corrected chi connectivity index (χ3v) is 8.06. The van der Waals surface area contributed by atoms with Crippen LogP contribution in [0, 0.1) is 36.3 Å². The van der Waals surface area contributed by atoms with Gasteiger partial charge in [-0.25, -0.2) is 8.78 Å². The number of benzene rings is 1. The van der Waals surface area contributed by atoms with E-state index in [1.54, 1.807) is 30.1 Å². The molecule has 0 bridgehead atoms. The minimum absolute atomic E-state index is 0.227. The van der Waals surface area contributed by atoms with E-state index in [0.717, 1.165) is 18.8 Å². The number of nitrogens with zero attached hydrogens (tertiary/aromatic N) is 3. The molecule has 1 N–H and O–H groups in total. The number of hydrogen-bond acceptors (Lipinski definition) is 3. The average molecular weight is 443 g/mol. The highest BCUT2D eigenvalue weighted by Gasteiger charge is 2.41. The van der Waals surface area contributed by atoms with Crippen LogP contribution >= 0.6 is 0 Å². The lowest BCUT2D eigenvalue weighted by Gasteiger charge is -2.24. The summed E-state index contributed by atoms with van der Waals surface area (Å²) in [7, 11) is 1.79. The minimum atomic E-state index is -0.793. The fourth-order valence-electron chi connectivity index (χ4n) is 6.53. The maximum atomic E-state index is 14.9. The molecular weight excluding hydrogens is 406 g/mol. The van der Waals surface area contributed by atoms with E-state index in [2.05, 4.69) is 15.3 Å². The van der Waals surface area contributed by atoms with E-state index < -0.39 is 11.6 Å². The third kappa shape index (κ3) is 4.43. The molecule has 0 radical (unpaired) electrons. The van der Waals surface area contributed by atoms with Crippen molar-refractivity contribution in [1.82, 2.24) is 14.7 Å². The van der Waals surface area contributed by atoms with Gasteiger partial charge in [-0.2, -0.15) is 5.10 Å². The predicted molar refractivity (Wildman–Crippen MR) is 125 cm³/mol. The van der Waals surface area contributed by atoms with Crippen LogP contribution in [-0.4, -0.2) is 40.4 Å². The largest absolute Gasteiger partial charge is 0.380 e. The van der Waals surface area contributed by atoms with Gasteiger partial charge in [0.1, 0.15) is 0 Å². The molecule has 1 aliphatic heterocycles. The number of hydrogen-bond donors (Lipinski definition) is 1. The number of fused-ring (bicyclic) bond motifs is 1. The van der Waals surface area contributed by atoms with Crippen LogP contribution in [0.2, 0.25) is 0 Å². The second-order valence-electron chi connectivity index (χ2n) is 10.5. The van der Waals surface area contributed by atoms with E-state index in [1.165, 1.54) is 58.2 Å². The van der Waals surface area contributed by atoms with Gasteiger partial charge in [-0.1, -0.05) is 25.7 Å². The van der Waals surface area contributed by atoms with Crippen LogP contribution in [0.25, 0.3) is 11.1 Å². The van der Waals surface area contributed by atoms with E-state index in [0.29, 0.717) is 23.1 Å². The molecule has 0 unspecified atom stereocenters. The molecular formula is C26H36F2N4. The number of likely N-dealkylation sites (tertiary alicyclic amines) is 1. The molecule has 3 fully saturated rings. The zero-order valence-corrected chi connectivity index (χ0v) is 19.4. The summed E-state index contributed by atoms with van der Waals surface area (Å²) < 4.78 is 31.4. The van der Waals surface area contributed by atoms with Crippen LogP contribution in [0.4, 0.5) is 14.5 Å². The Morgan fingerprint density at radius 3 is 2.28 bits per heavy atom. The summed E-state index contributed by atoms with van der Waals surface area (Å²) >= 11 is 0. The molecule has 1 aromatic carbocycles. The van der Waals surface area contributed by atoms with Crippen molar-refractivity contribution < 1.29 is 8.78 Å². The molecule has 3 aliphatic rings. The van der Waals surface area contributed by atoms with Gasteiger partial charge in [-0.15, -0.1) is 0 Å². The lowest BCUT2D eigenvalue weighted by molar-refractivity contribution is 0.244. The summed E-state index contributed by atoms with van der Waals surface area (Å²) in [4.78, 5) is 2.69. The van der Waals surface area contributed by atoms with Crippen molar-refractivity contribution in [3.8, 4) is 11.1 Å². The number of anilines is 1. The highest BCUT2D eigenvalue weighted by Crippen LogP contribution is 2.41. The van der Waals surface area contributed by atoms with Gasteiger partial charge >= 0.3 is 0 Å². The van der Waals surface area contributed by atoms with Crippen LogP contribution < -0.4 is 5.32 Å². The molecule has 3 atom stereocenters. The number of nitrogens with one attached hydrogen (secondary N) is 1. The Labute approximate surface area is 190 Å². The summed E-state index contributed by atoms with van der Waals surface area (Å²) in [6, 6.07) is 3.59. The first-order valence-corrected chi connectivity index (χ1v) is 12.5. The van der Waals surface area contributed by atoms with Gasteiger partial charge in [-0.05, 0) is 62.5 Å². The molecule has 6 heteroatoms. The molecule has 5 rings (SSSR count). The van der Waals surface area contributed by atoms with Gasteiger partial charge in [0.15, 0.2) is 11.6 Å². The maximum Gasteiger partial charge on any atom is 0.182 e. The van der Waals surface area contributed by atoms with Crippen LogP contribution in [0.5, 0.6) is 0 Å². The Kier molecular flexibility index (Phi) is 6.24. The molecule has 2 saturated carbocycles. The molecule has 2 heterocycles. The van der Waals surface area contributed by atoms with Gasteiger partial charge in [-0.3, -0.25) is 4.68 Å². The SMILES string of the molecule is Cc1nn(C)cc1-c1ccc(N[C@@H]2C[C@@H]3CN(CC4CCCCCC4)C[C@@H]3C2)c(F)c1F. The summed E-state index contributed by atoms with van der Waals surface area (Å²) in [5.74, 6) is 0.674. The van der Waals surface area contributed by atoms with Crippen LogP contribution in [0.1, 0.15) is 57.1 Å². The Bertz CT molecular complexity index is 934. The monoisotopic (exact) mass is 442 g/mol. The lowest BCUT2D eigenvalue weighted by atomic mass is 10.00. The summed E-state index contributed by atoms with van der Waals surface area (Å²) in [6.07, 6.45) is 12.3. The first-order chi connectivity index (χ1) is 15.5. The third-order valence-electron chi connectivity index (χ3n) is 8.06. The second-order valence-corrected chi connectivity index (χ2v) is 10.5. The standard InChI is InChI=1S/C26H36F2N4/c1-17-23(16-31(2)30-17)22-9-10-24(26(28)25(22)27)29-21-11-19-14-32(15-20(19)12-21)13-18-7-5-3-4-6-8-18/h9-10,16,18-21,29H,3-8,11-15H2,1-2H3/t19-,20+,21-. The highest BCUT2D eigenvalue weighted by atomic mass is 19.2. The summed E-state index contributed by atoms with van der Waals surface area (Å²) in [5.41, 5.74) is 1.90. The molecule has 4 nitrogen and oxygen atoms in total. The van der Waals surface area contributed by atoms with Crippen molar-refractivity contribution in [2.75, 3.05) is 25.0 Å². The fourth-order valence-corrected chi connectivity index (χ4v) is 6.53. The zero-order chi connectivity index (χ0) is 22.2. The van der Waals surface area contributed by atoms with E-state index in [9.17, 15) is 8.78 Å². The molecule has 1 aromatic heterocycles.